The number of carbonyl (C=O) groups excluding carboxylic acids is 1. The molecule has 0 aromatic heterocycles. The lowest BCUT2D eigenvalue weighted by Crippen LogP contribution is -2.33. The Morgan fingerprint density at radius 3 is 2.50 bits per heavy atom. The Morgan fingerprint density at radius 2 is 1.77 bits per heavy atom. The monoisotopic (exact) mass is 298 g/mol. The zero-order chi connectivity index (χ0) is 15.9. The zero-order valence-corrected chi connectivity index (χ0v) is 13.8. The summed E-state index contributed by atoms with van der Waals surface area (Å²) in [7, 11) is 0. The van der Waals surface area contributed by atoms with Crippen LogP contribution in [0.3, 0.4) is 0 Å². The average Bonchev–Trinajstić information content (AvgIpc) is 2.55. The Labute approximate surface area is 133 Å². The molecule has 118 valence electrons. The van der Waals surface area contributed by atoms with Gasteiger partial charge in [0.25, 0.3) is 0 Å². The van der Waals surface area contributed by atoms with Gasteiger partial charge in [-0.2, -0.15) is 0 Å². The molecule has 1 amide bonds. The molecule has 0 aliphatic carbocycles. The lowest BCUT2D eigenvalue weighted by Gasteiger charge is -2.20. The summed E-state index contributed by atoms with van der Waals surface area (Å²) in [4.78, 5) is 13.9. The summed E-state index contributed by atoms with van der Waals surface area (Å²) in [5.74, 6) is 0.225. The Kier molecular flexibility index (Phi) is 5.96. The molecule has 0 fully saturated rings. The highest BCUT2D eigenvalue weighted by Crippen LogP contribution is 2.23. The van der Waals surface area contributed by atoms with Crippen molar-refractivity contribution >= 4 is 16.7 Å². The van der Waals surface area contributed by atoms with Crippen molar-refractivity contribution in [2.24, 2.45) is 0 Å². The quantitative estimate of drug-likeness (QED) is 0.844. The largest absolute Gasteiger partial charge is 0.343 e. The van der Waals surface area contributed by atoms with Crippen molar-refractivity contribution < 1.29 is 4.79 Å². The number of hydrogen-bond donors (Lipinski definition) is 1. The first kappa shape index (κ1) is 16.5. The molecule has 0 radical (unpaired) electrons. The van der Waals surface area contributed by atoms with Gasteiger partial charge >= 0.3 is 0 Å². The van der Waals surface area contributed by atoms with E-state index in [-0.39, 0.29) is 11.9 Å². The third-order valence-electron chi connectivity index (χ3n) is 4.20. The van der Waals surface area contributed by atoms with Gasteiger partial charge in [0.15, 0.2) is 0 Å². The van der Waals surface area contributed by atoms with E-state index in [0.29, 0.717) is 13.0 Å². The van der Waals surface area contributed by atoms with Crippen molar-refractivity contribution in [1.29, 1.82) is 0 Å². The Morgan fingerprint density at radius 1 is 1.09 bits per heavy atom. The van der Waals surface area contributed by atoms with E-state index in [1.165, 1.54) is 16.3 Å². The molecule has 0 saturated heterocycles. The standard InChI is InChI=1S/C19H26N2O/c1-4-21(5-2)19(22)13-14-20-15(3)17-12-8-10-16-9-6-7-11-18(16)17/h6-12,15,20H,4-5,13-14H2,1-3H3/t15-/m1/s1. The van der Waals surface area contributed by atoms with Crippen LogP contribution in [-0.4, -0.2) is 30.4 Å². The lowest BCUT2D eigenvalue weighted by atomic mass is 10.00. The Balaban J connectivity index is 1.97. The molecular formula is C19H26N2O. The maximum atomic E-state index is 12.0. The number of hydrogen-bond acceptors (Lipinski definition) is 2. The first-order chi connectivity index (χ1) is 10.7. The summed E-state index contributed by atoms with van der Waals surface area (Å²) in [5.41, 5.74) is 1.29. The molecule has 0 unspecified atom stereocenters. The fraction of sp³-hybridized carbons (Fsp3) is 0.421. The number of benzene rings is 2. The van der Waals surface area contributed by atoms with E-state index in [4.69, 9.17) is 0 Å². The maximum Gasteiger partial charge on any atom is 0.223 e. The number of amides is 1. The molecule has 2 aromatic carbocycles. The van der Waals surface area contributed by atoms with Crippen molar-refractivity contribution in [3.63, 3.8) is 0 Å². The Bertz CT molecular complexity index is 614. The third-order valence-corrected chi connectivity index (χ3v) is 4.20. The molecule has 0 spiro atoms. The molecular weight excluding hydrogens is 272 g/mol. The van der Waals surface area contributed by atoms with Gasteiger partial charge in [0.05, 0.1) is 0 Å². The van der Waals surface area contributed by atoms with Crippen LogP contribution in [0, 0.1) is 0 Å². The van der Waals surface area contributed by atoms with Gasteiger partial charge in [0.2, 0.25) is 5.91 Å². The molecule has 0 aliphatic heterocycles. The zero-order valence-electron chi connectivity index (χ0n) is 13.8. The molecule has 0 saturated carbocycles. The molecule has 2 rings (SSSR count). The lowest BCUT2D eigenvalue weighted by molar-refractivity contribution is -0.130. The fourth-order valence-corrected chi connectivity index (χ4v) is 2.87. The van der Waals surface area contributed by atoms with E-state index >= 15 is 0 Å². The van der Waals surface area contributed by atoms with E-state index in [9.17, 15) is 4.79 Å². The summed E-state index contributed by atoms with van der Waals surface area (Å²) in [6.45, 7) is 8.48. The fourth-order valence-electron chi connectivity index (χ4n) is 2.87. The predicted molar refractivity (Wildman–Crippen MR) is 92.9 cm³/mol. The molecule has 0 heterocycles. The van der Waals surface area contributed by atoms with Crippen LogP contribution in [0.1, 0.15) is 38.8 Å². The summed E-state index contributed by atoms with van der Waals surface area (Å²) in [6, 6.07) is 15.0. The van der Waals surface area contributed by atoms with Crippen LogP contribution in [0.5, 0.6) is 0 Å². The number of fused-ring (bicyclic) bond motifs is 1. The normalized spacial score (nSPS) is 12.3. The second-order valence-electron chi connectivity index (χ2n) is 5.56. The summed E-state index contributed by atoms with van der Waals surface area (Å²) in [5, 5.41) is 6.01. The van der Waals surface area contributed by atoms with Gasteiger partial charge in [0, 0.05) is 32.1 Å². The minimum Gasteiger partial charge on any atom is -0.343 e. The number of carbonyl (C=O) groups is 1. The second-order valence-corrected chi connectivity index (χ2v) is 5.56. The van der Waals surface area contributed by atoms with Crippen molar-refractivity contribution in [2.75, 3.05) is 19.6 Å². The van der Waals surface area contributed by atoms with Crippen LogP contribution in [0.25, 0.3) is 10.8 Å². The molecule has 1 N–H and O–H groups in total. The first-order valence-electron chi connectivity index (χ1n) is 8.16. The van der Waals surface area contributed by atoms with E-state index in [2.05, 4.69) is 54.7 Å². The highest BCUT2D eigenvalue weighted by Gasteiger charge is 2.11. The van der Waals surface area contributed by atoms with Crippen LogP contribution in [-0.2, 0) is 4.79 Å². The van der Waals surface area contributed by atoms with Crippen LogP contribution in [0.4, 0.5) is 0 Å². The van der Waals surface area contributed by atoms with Gasteiger partial charge in [-0.3, -0.25) is 4.79 Å². The van der Waals surface area contributed by atoms with Gasteiger partial charge in [-0.05, 0) is 37.1 Å². The summed E-state index contributed by atoms with van der Waals surface area (Å²) in [6.07, 6.45) is 0.552. The molecule has 2 aromatic rings. The summed E-state index contributed by atoms with van der Waals surface area (Å²) >= 11 is 0. The molecule has 22 heavy (non-hydrogen) atoms. The average molecular weight is 298 g/mol. The topological polar surface area (TPSA) is 32.3 Å². The van der Waals surface area contributed by atoms with Crippen molar-refractivity contribution in [3.05, 3.63) is 48.0 Å². The van der Waals surface area contributed by atoms with E-state index in [0.717, 1.165) is 13.1 Å². The first-order valence-corrected chi connectivity index (χ1v) is 8.16. The molecule has 3 nitrogen and oxygen atoms in total. The predicted octanol–water partition coefficient (Wildman–Crippen LogP) is 3.75. The maximum absolute atomic E-state index is 12.0. The van der Waals surface area contributed by atoms with E-state index < -0.39 is 0 Å². The highest BCUT2D eigenvalue weighted by atomic mass is 16.2. The minimum absolute atomic E-state index is 0.225. The molecule has 3 heteroatoms. The van der Waals surface area contributed by atoms with Gasteiger partial charge in [-0.25, -0.2) is 0 Å². The van der Waals surface area contributed by atoms with Crippen LogP contribution in [0.15, 0.2) is 42.5 Å². The SMILES string of the molecule is CCN(CC)C(=O)CCN[C@H](C)c1cccc2ccccc12. The third kappa shape index (κ3) is 3.86. The number of nitrogens with zero attached hydrogens (tertiary/aromatic N) is 1. The van der Waals surface area contributed by atoms with Crippen LogP contribution < -0.4 is 5.32 Å². The molecule has 0 bridgehead atoms. The van der Waals surface area contributed by atoms with Crippen molar-refractivity contribution in [1.82, 2.24) is 10.2 Å². The van der Waals surface area contributed by atoms with Gasteiger partial charge < -0.3 is 10.2 Å². The second kappa shape index (κ2) is 7.95. The number of nitrogens with one attached hydrogen (secondary N) is 1. The van der Waals surface area contributed by atoms with Crippen molar-refractivity contribution in [3.8, 4) is 0 Å². The Hall–Kier alpha value is -1.87. The van der Waals surface area contributed by atoms with Gasteiger partial charge in [0.1, 0.15) is 0 Å². The number of rotatable bonds is 7. The smallest absolute Gasteiger partial charge is 0.223 e. The molecule has 0 aliphatic rings. The van der Waals surface area contributed by atoms with Crippen LogP contribution in [0.2, 0.25) is 0 Å². The minimum atomic E-state index is 0.225. The van der Waals surface area contributed by atoms with Crippen LogP contribution >= 0.6 is 0 Å². The van der Waals surface area contributed by atoms with E-state index in [1.54, 1.807) is 0 Å². The van der Waals surface area contributed by atoms with Gasteiger partial charge in [-0.1, -0.05) is 42.5 Å². The summed E-state index contributed by atoms with van der Waals surface area (Å²) < 4.78 is 0. The highest BCUT2D eigenvalue weighted by molar-refractivity contribution is 5.86. The van der Waals surface area contributed by atoms with Gasteiger partial charge in [-0.15, -0.1) is 0 Å². The molecule has 1 atom stereocenters. The van der Waals surface area contributed by atoms with E-state index in [1.807, 2.05) is 18.7 Å². The van der Waals surface area contributed by atoms with Crippen molar-refractivity contribution in [2.45, 2.75) is 33.2 Å².